The molecule has 0 saturated carbocycles. The standard InChI is InChI=1S/C19H17F2N3O4/c20-17(21)15(22)16(19(27)24-28)23-18(26)13-7-3-11(4-8-13)1-2-12-5-9-14(25)10-6-12/h3-10,15-17,25,28H,22H2,(H,23,26)(H,24,27)/t15?,16-/m0/s1. The number of nitrogens with one attached hydrogen (secondary N) is 2. The van der Waals surface area contributed by atoms with Crippen LogP contribution in [0.2, 0.25) is 0 Å². The third-order valence-electron chi connectivity index (χ3n) is 3.72. The second-order valence-corrected chi connectivity index (χ2v) is 5.71. The van der Waals surface area contributed by atoms with Crippen LogP contribution in [0, 0.1) is 11.8 Å². The lowest BCUT2D eigenvalue weighted by Gasteiger charge is -2.22. The highest BCUT2D eigenvalue weighted by Gasteiger charge is 2.33. The molecule has 1 unspecified atom stereocenters. The van der Waals surface area contributed by atoms with E-state index in [1.165, 1.54) is 41.9 Å². The number of carbonyl (C=O) groups is 2. The Morgan fingerprint density at radius 3 is 1.93 bits per heavy atom. The van der Waals surface area contributed by atoms with Gasteiger partial charge in [-0.25, -0.2) is 14.3 Å². The first-order valence-electron chi connectivity index (χ1n) is 8.01. The molecule has 2 amide bonds. The van der Waals surface area contributed by atoms with Gasteiger partial charge in [0.25, 0.3) is 18.2 Å². The van der Waals surface area contributed by atoms with Crippen LogP contribution in [0.1, 0.15) is 21.5 Å². The topological polar surface area (TPSA) is 125 Å². The molecule has 7 nitrogen and oxygen atoms in total. The third-order valence-corrected chi connectivity index (χ3v) is 3.72. The maximum absolute atomic E-state index is 12.8. The van der Waals surface area contributed by atoms with Crippen LogP contribution >= 0.6 is 0 Å². The van der Waals surface area contributed by atoms with Gasteiger partial charge in [0.2, 0.25) is 0 Å². The van der Waals surface area contributed by atoms with Crippen LogP contribution < -0.4 is 16.5 Å². The molecule has 0 aliphatic heterocycles. The number of phenolic OH excluding ortho intramolecular Hbond substituents is 1. The summed E-state index contributed by atoms with van der Waals surface area (Å²) in [6.07, 6.45) is -3.08. The summed E-state index contributed by atoms with van der Waals surface area (Å²) in [5.41, 5.74) is 7.77. The first-order chi connectivity index (χ1) is 13.3. The summed E-state index contributed by atoms with van der Waals surface area (Å²) < 4.78 is 25.5. The highest BCUT2D eigenvalue weighted by atomic mass is 19.3. The van der Waals surface area contributed by atoms with Gasteiger partial charge >= 0.3 is 0 Å². The molecule has 0 bridgehead atoms. The van der Waals surface area contributed by atoms with E-state index >= 15 is 0 Å². The minimum absolute atomic E-state index is 0.0902. The number of carbonyl (C=O) groups excluding carboxylic acids is 2. The van der Waals surface area contributed by atoms with Gasteiger partial charge in [0.05, 0.1) is 6.04 Å². The molecule has 28 heavy (non-hydrogen) atoms. The number of rotatable bonds is 5. The Kier molecular flexibility index (Phi) is 7.03. The van der Waals surface area contributed by atoms with Gasteiger partial charge in [0.15, 0.2) is 0 Å². The van der Waals surface area contributed by atoms with Gasteiger partial charge < -0.3 is 16.2 Å². The van der Waals surface area contributed by atoms with E-state index in [0.717, 1.165) is 0 Å². The van der Waals surface area contributed by atoms with Crippen LogP contribution in [0.3, 0.4) is 0 Å². The predicted molar refractivity (Wildman–Crippen MR) is 95.7 cm³/mol. The molecule has 0 radical (unpaired) electrons. The van der Waals surface area contributed by atoms with Crippen LogP contribution in [0.15, 0.2) is 48.5 Å². The molecule has 0 spiro atoms. The molecule has 0 fully saturated rings. The number of nitrogens with two attached hydrogens (primary N) is 1. The van der Waals surface area contributed by atoms with Crippen molar-refractivity contribution < 1.29 is 28.7 Å². The SMILES string of the molecule is NC(C(F)F)[C@H](NC(=O)c1ccc(C#Cc2ccc(O)cc2)cc1)C(=O)NO. The minimum atomic E-state index is -3.08. The molecule has 0 aliphatic rings. The summed E-state index contributed by atoms with van der Waals surface area (Å²) in [6.45, 7) is 0. The Hall–Kier alpha value is -3.48. The van der Waals surface area contributed by atoms with Gasteiger partial charge in [-0.15, -0.1) is 0 Å². The molecular formula is C19H17F2N3O4. The van der Waals surface area contributed by atoms with Gasteiger partial charge in [0, 0.05) is 16.7 Å². The van der Waals surface area contributed by atoms with Crippen molar-refractivity contribution in [3.8, 4) is 17.6 Å². The maximum atomic E-state index is 12.8. The summed E-state index contributed by atoms with van der Waals surface area (Å²) in [5.74, 6) is 3.80. The largest absolute Gasteiger partial charge is 0.508 e. The smallest absolute Gasteiger partial charge is 0.267 e. The van der Waals surface area contributed by atoms with Crippen molar-refractivity contribution in [1.29, 1.82) is 0 Å². The Labute approximate surface area is 159 Å². The molecule has 0 aliphatic carbocycles. The fraction of sp³-hybridized carbons (Fsp3) is 0.158. The molecular weight excluding hydrogens is 372 g/mol. The minimum Gasteiger partial charge on any atom is -0.508 e. The molecule has 2 rings (SSSR count). The molecule has 2 atom stereocenters. The Bertz CT molecular complexity index is 890. The molecule has 146 valence electrons. The van der Waals surface area contributed by atoms with Gasteiger partial charge in [-0.1, -0.05) is 11.8 Å². The second-order valence-electron chi connectivity index (χ2n) is 5.71. The fourth-order valence-electron chi connectivity index (χ4n) is 2.17. The first-order valence-corrected chi connectivity index (χ1v) is 8.01. The number of halogens is 2. The van der Waals surface area contributed by atoms with Gasteiger partial charge in [-0.05, 0) is 48.5 Å². The van der Waals surface area contributed by atoms with E-state index < -0.39 is 30.3 Å². The van der Waals surface area contributed by atoms with Crippen molar-refractivity contribution in [1.82, 2.24) is 10.8 Å². The lowest BCUT2D eigenvalue weighted by Crippen LogP contribution is -2.58. The Morgan fingerprint density at radius 2 is 1.46 bits per heavy atom. The average Bonchev–Trinajstić information content (AvgIpc) is 2.70. The quantitative estimate of drug-likeness (QED) is 0.296. The number of hydroxylamine groups is 1. The van der Waals surface area contributed by atoms with Crippen molar-refractivity contribution in [3.63, 3.8) is 0 Å². The molecule has 9 heteroatoms. The fourth-order valence-corrected chi connectivity index (χ4v) is 2.17. The number of amides is 2. The van der Waals surface area contributed by atoms with Crippen LogP contribution in [0.5, 0.6) is 5.75 Å². The second kappa shape index (κ2) is 9.45. The number of phenols is 1. The van der Waals surface area contributed by atoms with Gasteiger partial charge in [-0.2, -0.15) is 0 Å². The van der Waals surface area contributed by atoms with E-state index in [2.05, 4.69) is 17.2 Å². The molecule has 2 aromatic carbocycles. The molecule has 6 N–H and O–H groups in total. The zero-order valence-corrected chi connectivity index (χ0v) is 14.4. The third kappa shape index (κ3) is 5.51. The number of aromatic hydroxyl groups is 1. The molecule has 2 aromatic rings. The van der Waals surface area contributed by atoms with Crippen LogP contribution in [0.4, 0.5) is 8.78 Å². The lowest BCUT2D eigenvalue weighted by molar-refractivity contribution is -0.132. The monoisotopic (exact) mass is 389 g/mol. The van der Waals surface area contributed by atoms with E-state index in [0.29, 0.717) is 11.1 Å². The lowest BCUT2D eigenvalue weighted by atomic mass is 10.1. The van der Waals surface area contributed by atoms with Gasteiger partial charge in [-0.3, -0.25) is 14.8 Å². The summed E-state index contributed by atoms with van der Waals surface area (Å²) in [5, 5.41) is 19.9. The number of alkyl halides is 2. The van der Waals surface area contributed by atoms with E-state index in [-0.39, 0.29) is 11.3 Å². The van der Waals surface area contributed by atoms with E-state index in [4.69, 9.17) is 10.9 Å². The summed E-state index contributed by atoms with van der Waals surface area (Å²) in [6, 6.07) is 8.35. The zero-order valence-electron chi connectivity index (χ0n) is 14.4. The summed E-state index contributed by atoms with van der Waals surface area (Å²) >= 11 is 0. The Balaban J connectivity index is 2.10. The summed E-state index contributed by atoms with van der Waals surface area (Å²) in [7, 11) is 0. The van der Waals surface area contributed by atoms with Crippen molar-refractivity contribution in [2.75, 3.05) is 0 Å². The van der Waals surface area contributed by atoms with Crippen molar-refractivity contribution in [2.45, 2.75) is 18.5 Å². The molecule has 0 saturated heterocycles. The molecule has 0 aromatic heterocycles. The maximum Gasteiger partial charge on any atom is 0.267 e. The Morgan fingerprint density at radius 1 is 0.964 bits per heavy atom. The van der Waals surface area contributed by atoms with Crippen molar-refractivity contribution in [2.24, 2.45) is 5.73 Å². The highest BCUT2D eigenvalue weighted by molar-refractivity contribution is 5.97. The summed E-state index contributed by atoms with van der Waals surface area (Å²) in [4.78, 5) is 23.7. The van der Waals surface area contributed by atoms with Crippen molar-refractivity contribution >= 4 is 11.8 Å². The van der Waals surface area contributed by atoms with Crippen molar-refractivity contribution in [3.05, 3.63) is 65.2 Å². The van der Waals surface area contributed by atoms with Crippen LogP contribution in [-0.4, -0.2) is 40.6 Å². The number of hydrogen-bond donors (Lipinski definition) is 5. The normalized spacial score (nSPS) is 12.5. The van der Waals surface area contributed by atoms with Crippen LogP contribution in [-0.2, 0) is 4.79 Å². The van der Waals surface area contributed by atoms with Gasteiger partial charge in [0.1, 0.15) is 11.8 Å². The van der Waals surface area contributed by atoms with E-state index in [1.54, 1.807) is 12.1 Å². The van der Waals surface area contributed by atoms with Crippen LogP contribution in [0.25, 0.3) is 0 Å². The highest BCUT2D eigenvalue weighted by Crippen LogP contribution is 2.10. The molecule has 0 heterocycles. The zero-order chi connectivity index (χ0) is 20.7. The van der Waals surface area contributed by atoms with E-state index in [1.807, 2.05) is 0 Å². The number of hydrogen-bond acceptors (Lipinski definition) is 5. The predicted octanol–water partition coefficient (Wildman–Crippen LogP) is 0.988. The first kappa shape index (κ1) is 20.8. The van der Waals surface area contributed by atoms with E-state index in [9.17, 15) is 23.5 Å². The number of benzene rings is 2. The average molecular weight is 389 g/mol.